The maximum atomic E-state index is 5.99. The van der Waals surface area contributed by atoms with Crippen molar-refractivity contribution in [2.75, 3.05) is 25.7 Å². The summed E-state index contributed by atoms with van der Waals surface area (Å²) in [7, 11) is 3.41. The Kier molecular flexibility index (Phi) is 4.47. The second-order valence-corrected chi connectivity index (χ2v) is 3.84. The highest BCUT2D eigenvalue weighted by Gasteiger charge is 2.12. The van der Waals surface area contributed by atoms with E-state index in [-0.39, 0.29) is 0 Å². The minimum Gasteiger partial charge on any atom is -0.493 e. The van der Waals surface area contributed by atoms with Crippen LogP contribution in [0.1, 0.15) is 0 Å². The van der Waals surface area contributed by atoms with Crippen LogP contribution in [0.4, 0.5) is 5.69 Å². The number of hydrogen-bond donors (Lipinski definition) is 2. The maximum absolute atomic E-state index is 5.99. The molecule has 4 nitrogen and oxygen atoms in total. The molecule has 0 spiro atoms. The molecule has 0 bridgehead atoms. The number of nitrogens with two attached hydrogens (primary N) is 1. The number of rotatable bonds is 4. The summed E-state index contributed by atoms with van der Waals surface area (Å²) in [5.74, 6) is 5.82. The molecule has 0 radical (unpaired) electrons. The Morgan fingerprint density at radius 2 is 2.13 bits per heavy atom. The molecule has 0 unspecified atom stereocenters. The predicted octanol–water partition coefficient (Wildman–Crippen LogP) is 1.86. The van der Waals surface area contributed by atoms with E-state index in [1.807, 2.05) is 11.9 Å². The van der Waals surface area contributed by atoms with Crippen molar-refractivity contribution in [2.45, 2.75) is 0 Å². The SMILES string of the molecule is COc1c(Cl)cc(Cl)cc1N(C)CNN. The fraction of sp³-hybridized carbons (Fsp3) is 0.333. The van der Waals surface area contributed by atoms with Gasteiger partial charge in [0.1, 0.15) is 0 Å². The van der Waals surface area contributed by atoms with Crippen LogP contribution in [-0.4, -0.2) is 20.8 Å². The molecule has 1 rings (SSSR count). The standard InChI is InChI=1S/C9H13Cl2N3O/c1-14(5-13-12)8-4-6(10)3-7(11)9(8)15-2/h3-4,13H,5,12H2,1-2H3. The molecule has 0 atom stereocenters. The van der Waals surface area contributed by atoms with E-state index in [1.165, 1.54) is 0 Å². The van der Waals surface area contributed by atoms with Gasteiger partial charge in [0.25, 0.3) is 0 Å². The van der Waals surface area contributed by atoms with Crippen LogP contribution in [-0.2, 0) is 0 Å². The topological polar surface area (TPSA) is 50.5 Å². The van der Waals surface area contributed by atoms with Gasteiger partial charge in [-0.25, -0.2) is 5.43 Å². The van der Waals surface area contributed by atoms with E-state index < -0.39 is 0 Å². The largest absolute Gasteiger partial charge is 0.493 e. The second kappa shape index (κ2) is 5.42. The molecule has 84 valence electrons. The Morgan fingerprint density at radius 3 is 2.67 bits per heavy atom. The van der Waals surface area contributed by atoms with Crippen LogP contribution in [0.5, 0.6) is 5.75 Å². The lowest BCUT2D eigenvalue weighted by Gasteiger charge is -2.22. The quantitative estimate of drug-likeness (QED) is 0.486. The minimum absolute atomic E-state index is 0.465. The first kappa shape index (κ1) is 12.4. The van der Waals surface area contributed by atoms with Crippen molar-refractivity contribution in [1.82, 2.24) is 5.43 Å². The molecule has 0 aliphatic rings. The molecule has 15 heavy (non-hydrogen) atoms. The Morgan fingerprint density at radius 1 is 1.47 bits per heavy atom. The average molecular weight is 250 g/mol. The van der Waals surface area contributed by atoms with E-state index in [0.29, 0.717) is 22.5 Å². The van der Waals surface area contributed by atoms with Gasteiger partial charge in [-0.3, -0.25) is 5.84 Å². The summed E-state index contributed by atoms with van der Waals surface area (Å²) in [4.78, 5) is 1.84. The summed E-state index contributed by atoms with van der Waals surface area (Å²) in [6.45, 7) is 0.465. The Labute approximate surface area is 98.9 Å². The van der Waals surface area contributed by atoms with Crippen molar-refractivity contribution in [2.24, 2.45) is 5.84 Å². The zero-order valence-electron chi connectivity index (χ0n) is 8.55. The van der Waals surface area contributed by atoms with Gasteiger partial charge in [0.2, 0.25) is 0 Å². The normalized spacial score (nSPS) is 10.2. The summed E-state index contributed by atoms with van der Waals surface area (Å²) in [6.07, 6.45) is 0. The number of nitrogens with one attached hydrogen (secondary N) is 1. The fourth-order valence-corrected chi connectivity index (χ4v) is 1.81. The molecule has 0 heterocycles. The molecule has 0 fully saturated rings. The van der Waals surface area contributed by atoms with Crippen molar-refractivity contribution in [1.29, 1.82) is 0 Å². The molecular formula is C9H13Cl2N3O. The lowest BCUT2D eigenvalue weighted by atomic mass is 10.2. The van der Waals surface area contributed by atoms with Gasteiger partial charge in [0.15, 0.2) is 5.75 Å². The molecule has 0 amide bonds. The van der Waals surface area contributed by atoms with E-state index in [9.17, 15) is 0 Å². The van der Waals surface area contributed by atoms with Gasteiger partial charge in [0, 0.05) is 12.1 Å². The van der Waals surface area contributed by atoms with Crippen molar-refractivity contribution in [3.05, 3.63) is 22.2 Å². The number of hydrogen-bond acceptors (Lipinski definition) is 4. The molecule has 0 saturated carbocycles. The Hall–Kier alpha value is -0.680. The molecule has 6 heteroatoms. The van der Waals surface area contributed by atoms with Crippen LogP contribution in [0.3, 0.4) is 0 Å². The molecule has 0 saturated heterocycles. The summed E-state index contributed by atoms with van der Waals surface area (Å²) < 4.78 is 5.20. The van der Waals surface area contributed by atoms with Crippen molar-refractivity contribution in [3.63, 3.8) is 0 Å². The van der Waals surface area contributed by atoms with Crippen LogP contribution in [0.15, 0.2) is 12.1 Å². The first-order chi connectivity index (χ1) is 7.10. The van der Waals surface area contributed by atoms with E-state index in [2.05, 4.69) is 5.43 Å². The van der Waals surface area contributed by atoms with Gasteiger partial charge < -0.3 is 9.64 Å². The van der Waals surface area contributed by atoms with Gasteiger partial charge in [-0.15, -0.1) is 0 Å². The van der Waals surface area contributed by atoms with Crippen LogP contribution < -0.4 is 20.9 Å². The predicted molar refractivity (Wildman–Crippen MR) is 63.6 cm³/mol. The summed E-state index contributed by atoms with van der Waals surface area (Å²) >= 11 is 11.9. The minimum atomic E-state index is 0.465. The van der Waals surface area contributed by atoms with Crippen LogP contribution >= 0.6 is 23.2 Å². The summed E-state index contributed by atoms with van der Waals surface area (Å²) in [6, 6.07) is 3.40. The summed E-state index contributed by atoms with van der Waals surface area (Å²) in [5, 5.41) is 1.03. The first-order valence-electron chi connectivity index (χ1n) is 4.27. The zero-order valence-corrected chi connectivity index (χ0v) is 10.1. The molecule has 0 aliphatic heterocycles. The summed E-state index contributed by atoms with van der Waals surface area (Å²) in [5.41, 5.74) is 3.33. The zero-order chi connectivity index (χ0) is 11.4. The molecule has 0 aliphatic carbocycles. The van der Waals surface area contributed by atoms with Gasteiger partial charge in [-0.1, -0.05) is 23.2 Å². The molecule has 1 aromatic rings. The molecular weight excluding hydrogens is 237 g/mol. The number of anilines is 1. The fourth-order valence-electron chi connectivity index (χ4n) is 1.25. The Balaban J connectivity index is 3.13. The van der Waals surface area contributed by atoms with Crippen LogP contribution in [0.25, 0.3) is 0 Å². The van der Waals surface area contributed by atoms with Crippen LogP contribution in [0.2, 0.25) is 10.0 Å². The highest BCUT2D eigenvalue weighted by atomic mass is 35.5. The van der Waals surface area contributed by atoms with Gasteiger partial charge in [-0.05, 0) is 12.1 Å². The average Bonchev–Trinajstić information content (AvgIpc) is 2.17. The number of halogens is 2. The number of ether oxygens (including phenoxy) is 1. The number of benzene rings is 1. The van der Waals surface area contributed by atoms with E-state index in [1.54, 1.807) is 19.2 Å². The highest BCUT2D eigenvalue weighted by Crippen LogP contribution is 2.37. The van der Waals surface area contributed by atoms with E-state index >= 15 is 0 Å². The molecule has 3 N–H and O–H groups in total. The second-order valence-electron chi connectivity index (χ2n) is 3.00. The van der Waals surface area contributed by atoms with Crippen molar-refractivity contribution < 1.29 is 4.74 Å². The monoisotopic (exact) mass is 249 g/mol. The number of methoxy groups -OCH3 is 1. The first-order valence-corrected chi connectivity index (χ1v) is 5.03. The van der Waals surface area contributed by atoms with E-state index in [0.717, 1.165) is 5.69 Å². The maximum Gasteiger partial charge on any atom is 0.160 e. The third-order valence-corrected chi connectivity index (χ3v) is 2.43. The van der Waals surface area contributed by atoms with Gasteiger partial charge in [-0.2, -0.15) is 0 Å². The van der Waals surface area contributed by atoms with E-state index in [4.69, 9.17) is 33.8 Å². The van der Waals surface area contributed by atoms with Gasteiger partial charge >= 0.3 is 0 Å². The van der Waals surface area contributed by atoms with Crippen molar-refractivity contribution in [3.8, 4) is 5.75 Å². The van der Waals surface area contributed by atoms with Crippen molar-refractivity contribution >= 4 is 28.9 Å². The number of nitrogens with zero attached hydrogens (tertiary/aromatic N) is 1. The third kappa shape index (κ3) is 2.89. The lowest BCUT2D eigenvalue weighted by Crippen LogP contribution is -2.35. The Bertz CT molecular complexity index is 346. The molecule has 0 aromatic heterocycles. The third-order valence-electron chi connectivity index (χ3n) is 1.93. The smallest absolute Gasteiger partial charge is 0.160 e. The van der Waals surface area contributed by atoms with Crippen LogP contribution in [0, 0.1) is 0 Å². The number of hydrazine groups is 1. The van der Waals surface area contributed by atoms with Gasteiger partial charge in [0.05, 0.1) is 24.5 Å². The highest BCUT2D eigenvalue weighted by molar-refractivity contribution is 6.36. The molecule has 1 aromatic carbocycles. The lowest BCUT2D eigenvalue weighted by molar-refractivity contribution is 0.414.